The Labute approximate surface area is 124 Å². The summed E-state index contributed by atoms with van der Waals surface area (Å²) in [5.74, 6) is 1.12. The summed E-state index contributed by atoms with van der Waals surface area (Å²) in [6.07, 6.45) is 4.08. The Hall–Kier alpha value is -1.76. The number of carbonyl (C=O) groups is 2. The van der Waals surface area contributed by atoms with Crippen LogP contribution in [-0.2, 0) is 4.79 Å². The number of nitrogens with zero attached hydrogens (tertiary/aromatic N) is 5. The average molecular weight is 292 g/mol. The second-order valence-corrected chi connectivity index (χ2v) is 6.20. The number of likely N-dealkylation sites (N-methyl/N-ethyl adjacent to an activating group) is 2. The molecular weight excluding hydrogens is 270 g/mol. The first kappa shape index (κ1) is 14.2. The number of hydrogen-bond acceptors (Lipinski definition) is 4. The Morgan fingerprint density at radius 3 is 2.57 bits per heavy atom. The number of piperidine rings is 1. The lowest BCUT2D eigenvalue weighted by molar-refractivity contribution is -0.552. The first-order valence-corrected chi connectivity index (χ1v) is 7.43. The average Bonchev–Trinajstić information content (AvgIpc) is 2.89. The third-order valence-electron chi connectivity index (χ3n) is 4.64. The maximum Gasteiger partial charge on any atom is 0.333 e. The van der Waals surface area contributed by atoms with E-state index in [0.717, 1.165) is 19.0 Å². The molecule has 2 fully saturated rings. The lowest BCUT2D eigenvalue weighted by Gasteiger charge is -2.33. The Balaban J connectivity index is 1.72. The number of imide groups is 1. The molecule has 0 N–H and O–H groups in total. The lowest BCUT2D eigenvalue weighted by atomic mass is 10.00. The molecule has 0 aliphatic carbocycles. The molecule has 3 aliphatic heterocycles. The van der Waals surface area contributed by atoms with Gasteiger partial charge in [-0.15, -0.1) is 0 Å². The number of urea groups is 1. The minimum absolute atomic E-state index is 0.198. The molecule has 114 valence electrons. The summed E-state index contributed by atoms with van der Waals surface area (Å²) >= 11 is 0. The van der Waals surface area contributed by atoms with Crippen molar-refractivity contribution >= 4 is 24.1 Å². The maximum absolute atomic E-state index is 12.4. The number of amides is 3. The summed E-state index contributed by atoms with van der Waals surface area (Å²) in [6.45, 7) is 5.06. The summed E-state index contributed by atoms with van der Waals surface area (Å²) in [5, 5.41) is 0. The number of amidine groups is 1. The molecule has 3 rings (SSSR count). The van der Waals surface area contributed by atoms with Gasteiger partial charge < -0.3 is 0 Å². The van der Waals surface area contributed by atoms with Crippen LogP contribution in [0.3, 0.4) is 0 Å². The molecule has 3 heterocycles. The van der Waals surface area contributed by atoms with Gasteiger partial charge in [-0.05, 0) is 23.8 Å². The van der Waals surface area contributed by atoms with Crippen molar-refractivity contribution < 1.29 is 14.2 Å². The highest BCUT2D eigenvalue weighted by Crippen LogP contribution is 2.19. The highest BCUT2D eigenvalue weighted by atomic mass is 16.2. The highest BCUT2D eigenvalue weighted by molar-refractivity contribution is 6.21. The molecule has 0 saturated carbocycles. The van der Waals surface area contributed by atoms with Crippen LogP contribution in [0.15, 0.2) is 4.99 Å². The van der Waals surface area contributed by atoms with Crippen LogP contribution in [0, 0.1) is 5.92 Å². The second-order valence-electron chi connectivity index (χ2n) is 6.20. The molecule has 0 bridgehead atoms. The summed E-state index contributed by atoms with van der Waals surface area (Å²) in [7, 11) is 3.19. The van der Waals surface area contributed by atoms with Gasteiger partial charge in [-0.1, -0.05) is 6.92 Å². The third kappa shape index (κ3) is 2.35. The molecule has 21 heavy (non-hydrogen) atoms. The van der Waals surface area contributed by atoms with E-state index in [1.165, 1.54) is 29.7 Å². The number of carbonyl (C=O) groups excluding carboxylic acids is 2. The van der Waals surface area contributed by atoms with E-state index in [4.69, 9.17) is 0 Å². The fourth-order valence-electron chi connectivity index (χ4n) is 3.09. The molecule has 0 aromatic heterocycles. The van der Waals surface area contributed by atoms with Gasteiger partial charge in [0.15, 0.2) is 0 Å². The van der Waals surface area contributed by atoms with Crippen molar-refractivity contribution in [1.29, 1.82) is 0 Å². The normalized spacial score (nSPS) is 27.9. The number of aliphatic imine (C=N–C) groups is 1. The van der Waals surface area contributed by atoms with Gasteiger partial charge >= 0.3 is 6.03 Å². The van der Waals surface area contributed by atoms with Crippen molar-refractivity contribution in [3.8, 4) is 0 Å². The van der Waals surface area contributed by atoms with Crippen molar-refractivity contribution in [2.75, 3.05) is 33.9 Å². The van der Waals surface area contributed by atoms with E-state index < -0.39 is 6.04 Å². The molecule has 1 atom stereocenters. The highest BCUT2D eigenvalue weighted by Gasteiger charge is 2.50. The Kier molecular flexibility index (Phi) is 3.52. The van der Waals surface area contributed by atoms with E-state index in [-0.39, 0.29) is 11.9 Å². The monoisotopic (exact) mass is 292 g/mol. The molecular formula is C14H22N5O2+. The largest absolute Gasteiger partial charge is 0.333 e. The smallest absolute Gasteiger partial charge is 0.269 e. The first-order chi connectivity index (χ1) is 9.99. The van der Waals surface area contributed by atoms with Gasteiger partial charge in [-0.3, -0.25) is 19.5 Å². The van der Waals surface area contributed by atoms with Crippen molar-refractivity contribution in [1.82, 2.24) is 14.7 Å². The molecule has 3 amide bonds. The maximum atomic E-state index is 12.4. The van der Waals surface area contributed by atoms with Gasteiger partial charge in [-0.2, -0.15) is 0 Å². The summed E-state index contributed by atoms with van der Waals surface area (Å²) in [4.78, 5) is 33.6. The molecule has 3 aliphatic rings. The molecule has 0 aromatic rings. The number of fused-ring (bicyclic) bond motifs is 1. The van der Waals surface area contributed by atoms with Crippen molar-refractivity contribution in [3.63, 3.8) is 0 Å². The lowest BCUT2D eigenvalue weighted by Crippen LogP contribution is -2.62. The van der Waals surface area contributed by atoms with Crippen LogP contribution in [-0.4, -0.2) is 83.3 Å². The zero-order chi connectivity index (χ0) is 15.1. The predicted molar refractivity (Wildman–Crippen MR) is 78.3 cm³/mol. The van der Waals surface area contributed by atoms with E-state index in [1.54, 1.807) is 13.4 Å². The van der Waals surface area contributed by atoms with Crippen LogP contribution < -0.4 is 0 Å². The summed E-state index contributed by atoms with van der Waals surface area (Å²) in [6, 6.07) is -0.783. The fourth-order valence-corrected chi connectivity index (χ4v) is 3.09. The van der Waals surface area contributed by atoms with Crippen LogP contribution in [0.2, 0.25) is 0 Å². The molecule has 1 unspecified atom stereocenters. The van der Waals surface area contributed by atoms with Gasteiger partial charge in [0, 0.05) is 27.2 Å². The SMILES string of the molecule is CC1CCN(C[N+]2=CN=C3C2C(=O)N(C)C(=O)N3C)CC1. The van der Waals surface area contributed by atoms with E-state index in [1.807, 2.05) is 4.58 Å². The minimum atomic E-state index is -0.461. The van der Waals surface area contributed by atoms with Crippen molar-refractivity contribution in [3.05, 3.63) is 0 Å². The molecule has 2 saturated heterocycles. The zero-order valence-corrected chi connectivity index (χ0v) is 12.8. The van der Waals surface area contributed by atoms with Crippen molar-refractivity contribution in [2.24, 2.45) is 10.9 Å². The molecule has 7 nitrogen and oxygen atoms in total. The van der Waals surface area contributed by atoms with E-state index in [2.05, 4.69) is 16.8 Å². The topological polar surface area (TPSA) is 59.2 Å². The van der Waals surface area contributed by atoms with E-state index in [9.17, 15) is 9.59 Å². The summed E-state index contributed by atoms with van der Waals surface area (Å²) in [5.41, 5.74) is 0. The van der Waals surface area contributed by atoms with Gasteiger partial charge in [0.05, 0.1) is 0 Å². The molecule has 0 aromatic carbocycles. The zero-order valence-electron chi connectivity index (χ0n) is 12.8. The van der Waals surface area contributed by atoms with Gasteiger partial charge in [-0.25, -0.2) is 9.37 Å². The van der Waals surface area contributed by atoms with E-state index in [0.29, 0.717) is 12.5 Å². The van der Waals surface area contributed by atoms with Crippen LogP contribution in [0.25, 0.3) is 0 Å². The van der Waals surface area contributed by atoms with Gasteiger partial charge in [0.25, 0.3) is 24.1 Å². The van der Waals surface area contributed by atoms with Crippen molar-refractivity contribution in [2.45, 2.75) is 25.8 Å². The standard InChI is InChI=1S/C14H22N5O2/c1-10-4-6-18(7-5-10)9-19-8-15-12-11(19)13(20)17(3)14(21)16(12)2/h8,10-11H,4-7,9H2,1-3H3/q+1. The van der Waals surface area contributed by atoms with Crippen LogP contribution in [0.1, 0.15) is 19.8 Å². The number of hydrogen-bond donors (Lipinski definition) is 0. The van der Waals surface area contributed by atoms with Gasteiger partial charge in [0.2, 0.25) is 0 Å². The first-order valence-electron chi connectivity index (χ1n) is 7.43. The quantitative estimate of drug-likeness (QED) is 0.674. The van der Waals surface area contributed by atoms with Crippen LogP contribution in [0.5, 0.6) is 0 Å². The Morgan fingerprint density at radius 1 is 1.24 bits per heavy atom. The third-order valence-corrected chi connectivity index (χ3v) is 4.64. The van der Waals surface area contributed by atoms with Crippen LogP contribution >= 0.6 is 0 Å². The Bertz CT molecular complexity index is 533. The number of rotatable bonds is 2. The minimum Gasteiger partial charge on any atom is -0.269 e. The molecule has 7 heteroatoms. The summed E-state index contributed by atoms with van der Waals surface area (Å²) < 4.78 is 1.94. The van der Waals surface area contributed by atoms with Crippen LogP contribution in [0.4, 0.5) is 4.79 Å². The molecule has 0 spiro atoms. The van der Waals surface area contributed by atoms with E-state index >= 15 is 0 Å². The molecule has 0 radical (unpaired) electrons. The predicted octanol–water partition coefficient (Wildman–Crippen LogP) is 0.0211. The number of likely N-dealkylation sites (tertiary alicyclic amines) is 1. The second kappa shape index (κ2) is 5.22. The Morgan fingerprint density at radius 2 is 1.90 bits per heavy atom. The van der Waals surface area contributed by atoms with Gasteiger partial charge in [0.1, 0.15) is 6.67 Å². The fraction of sp³-hybridized carbons (Fsp3) is 0.714.